The number of nitrogens with zero attached hydrogens (tertiary/aromatic N) is 2. The van der Waals surface area contributed by atoms with Gasteiger partial charge >= 0.3 is 0 Å². The Morgan fingerprint density at radius 1 is 1.58 bits per heavy atom. The highest BCUT2D eigenvalue weighted by molar-refractivity contribution is 5.73. The molecule has 0 aliphatic carbocycles. The molecule has 1 aromatic carbocycles. The molecule has 1 aliphatic heterocycles. The summed E-state index contributed by atoms with van der Waals surface area (Å²) in [4.78, 5) is 22.6. The number of anilines is 1. The number of benzene rings is 1. The van der Waals surface area contributed by atoms with Crippen molar-refractivity contribution in [3.8, 4) is 0 Å². The third-order valence-corrected chi connectivity index (χ3v) is 3.08. The molecule has 0 spiro atoms. The lowest BCUT2D eigenvalue weighted by Gasteiger charge is -2.19. The number of rotatable bonds is 3. The van der Waals surface area contributed by atoms with Crippen molar-refractivity contribution in [3.63, 3.8) is 0 Å². The summed E-state index contributed by atoms with van der Waals surface area (Å²) >= 11 is 0. The van der Waals surface area contributed by atoms with Crippen molar-refractivity contribution in [3.05, 3.63) is 34.1 Å². The molecule has 7 heteroatoms. The number of nitro groups is 1. The van der Waals surface area contributed by atoms with Crippen molar-refractivity contribution in [1.82, 2.24) is 5.32 Å². The van der Waals surface area contributed by atoms with Gasteiger partial charge in [-0.2, -0.15) is 0 Å². The standard InChI is InChI=1S/C12H14FN3O3/c1-8(17)14-9-4-5-15(7-9)12-3-2-10(16(18)19)6-11(12)13/h2-3,6,9H,4-5,7H2,1H3,(H,14,17)/t9-/m1/s1. The van der Waals surface area contributed by atoms with E-state index in [4.69, 9.17) is 0 Å². The lowest BCUT2D eigenvalue weighted by Crippen LogP contribution is -2.35. The van der Waals surface area contributed by atoms with E-state index in [1.807, 2.05) is 0 Å². The quantitative estimate of drug-likeness (QED) is 0.664. The van der Waals surface area contributed by atoms with Gasteiger partial charge in [0.15, 0.2) is 5.82 Å². The van der Waals surface area contributed by atoms with Crippen molar-refractivity contribution in [1.29, 1.82) is 0 Å². The first-order chi connectivity index (χ1) is 8.97. The topological polar surface area (TPSA) is 75.5 Å². The molecule has 0 bridgehead atoms. The van der Waals surface area contributed by atoms with E-state index in [-0.39, 0.29) is 17.6 Å². The summed E-state index contributed by atoms with van der Waals surface area (Å²) in [6, 6.07) is 3.60. The summed E-state index contributed by atoms with van der Waals surface area (Å²) < 4.78 is 13.8. The molecular formula is C12H14FN3O3. The minimum Gasteiger partial charge on any atom is -0.367 e. The van der Waals surface area contributed by atoms with Crippen LogP contribution in [0.2, 0.25) is 0 Å². The monoisotopic (exact) mass is 267 g/mol. The van der Waals surface area contributed by atoms with Crippen LogP contribution < -0.4 is 10.2 Å². The van der Waals surface area contributed by atoms with Crippen molar-refractivity contribution in [2.24, 2.45) is 0 Å². The van der Waals surface area contributed by atoms with Gasteiger partial charge in [0.25, 0.3) is 5.69 Å². The molecular weight excluding hydrogens is 253 g/mol. The molecule has 1 fully saturated rings. The Morgan fingerprint density at radius 3 is 2.89 bits per heavy atom. The van der Waals surface area contributed by atoms with Crippen LogP contribution in [-0.2, 0) is 4.79 Å². The van der Waals surface area contributed by atoms with Crippen LogP contribution in [0.3, 0.4) is 0 Å². The lowest BCUT2D eigenvalue weighted by molar-refractivity contribution is -0.385. The third kappa shape index (κ3) is 2.98. The summed E-state index contributed by atoms with van der Waals surface area (Å²) in [6.07, 6.45) is 0.732. The number of nitro benzene ring substituents is 1. The predicted molar refractivity (Wildman–Crippen MR) is 67.5 cm³/mol. The van der Waals surface area contributed by atoms with Crippen LogP contribution in [0.1, 0.15) is 13.3 Å². The van der Waals surface area contributed by atoms with E-state index in [0.717, 1.165) is 12.5 Å². The Labute approximate surface area is 109 Å². The smallest absolute Gasteiger partial charge is 0.272 e. The number of nitrogens with one attached hydrogen (secondary N) is 1. The zero-order chi connectivity index (χ0) is 14.0. The average molecular weight is 267 g/mol. The van der Waals surface area contributed by atoms with Gasteiger partial charge in [0.05, 0.1) is 16.7 Å². The lowest BCUT2D eigenvalue weighted by atomic mass is 10.2. The third-order valence-electron chi connectivity index (χ3n) is 3.08. The Balaban J connectivity index is 2.11. The number of halogens is 1. The first kappa shape index (κ1) is 13.3. The van der Waals surface area contributed by atoms with Crippen LogP contribution >= 0.6 is 0 Å². The van der Waals surface area contributed by atoms with Crippen LogP contribution in [0, 0.1) is 15.9 Å². The fourth-order valence-electron chi connectivity index (χ4n) is 2.25. The predicted octanol–water partition coefficient (Wildman–Crippen LogP) is 1.45. The number of carbonyl (C=O) groups excluding carboxylic acids is 1. The summed E-state index contributed by atoms with van der Waals surface area (Å²) in [5.74, 6) is -0.728. The number of hydrogen-bond acceptors (Lipinski definition) is 4. The zero-order valence-electron chi connectivity index (χ0n) is 10.4. The van der Waals surface area contributed by atoms with Crippen LogP contribution in [0.5, 0.6) is 0 Å². The Bertz CT molecular complexity index is 521. The van der Waals surface area contributed by atoms with Gasteiger partial charge in [-0.25, -0.2) is 4.39 Å². The van der Waals surface area contributed by atoms with Gasteiger partial charge in [0, 0.05) is 32.1 Å². The van der Waals surface area contributed by atoms with Crippen LogP contribution in [0.25, 0.3) is 0 Å². The number of carbonyl (C=O) groups is 1. The van der Waals surface area contributed by atoms with E-state index in [1.165, 1.54) is 19.1 Å². The van der Waals surface area contributed by atoms with Crippen LogP contribution in [-0.4, -0.2) is 30.0 Å². The molecule has 1 aliphatic rings. The molecule has 1 amide bonds. The molecule has 0 radical (unpaired) electrons. The average Bonchev–Trinajstić information content (AvgIpc) is 2.76. The fourth-order valence-corrected chi connectivity index (χ4v) is 2.25. The number of non-ortho nitro benzene ring substituents is 1. The molecule has 1 aromatic rings. The molecule has 102 valence electrons. The summed E-state index contributed by atoms with van der Waals surface area (Å²) in [7, 11) is 0. The van der Waals surface area contributed by atoms with Crippen LogP contribution in [0.15, 0.2) is 18.2 Å². The Kier molecular flexibility index (Phi) is 3.64. The summed E-state index contributed by atoms with van der Waals surface area (Å²) in [5.41, 5.74) is 0.0670. The van der Waals surface area contributed by atoms with Gasteiger partial charge in [-0.3, -0.25) is 14.9 Å². The van der Waals surface area contributed by atoms with E-state index < -0.39 is 10.7 Å². The second-order valence-electron chi connectivity index (χ2n) is 4.52. The number of hydrogen-bond donors (Lipinski definition) is 1. The first-order valence-electron chi connectivity index (χ1n) is 5.93. The minimum atomic E-state index is -0.628. The van der Waals surface area contributed by atoms with Gasteiger partial charge in [-0.1, -0.05) is 0 Å². The van der Waals surface area contributed by atoms with Gasteiger partial charge in [-0.15, -0.1) is 0 Å². The SMILES string of the molecule is CC(=O)N[C@@H]1CCN(c2ccc([N+](=O)[O-])cc2F)C1. The highest BCUT2D eigenvalue weighted by Gasteiger charge is 2.25. The minimum absolute atomic E-state index is 0.00732. The molecule has 1 saturated heterocycles. The van der Waals surface area contributed by atoms with Gasteiger partial charge < -0.3 is 10.2 Å². The highest BCUT2D eigenvalue weighted by Crippen LogP contribution is 2.26. The maximum absolute atomic E-state index is 13.8. The maximum atomic E-state index is 13.8. The second kappa shape index (κ2) is 5.21. The van der Waals surface area contributed by atoms with Gasteiger partial charge in [0.1, 0.15) is 0 Å². The van der Waals surface area contributed by atoms with E-state index in [2.05, 4.69) is 5.32 Å². The molecule has 19 heavy (non-hydrogen) atoms. The van der Waals surface area contributed by atoms with Gasteiger partial charge in [0.2, 0.25) is 5.91 Å². The largest absolute Gasteiger partial charge is 0.367 e. The summed E-state index contributed by atoms with van der Waals surface area (Å²) in [6.45, 7) is 2.56. The molecule has 1 heterocycles. The molecule has 6 nitrogen and oxygen atoms in total. The molecule has 1 atom stereocenters. The summed E-state index contributed by atoms with van der Waals surface area (Å²) in [5, 5.41) is 13.3. The number of amides is 1. The normalized spacial score (nSPS) is 18.4. The Morgan fingerprint density at radius 2 is 2.32 bits per heavy atom. The highest BCUT2D eigenvalue weighted by atomic mass is 19.1. The molecule has 0 aromatic heterocycles. The van der Waals surface area contributed by atoms with E-state index in [9.17, 15) is 19.3 Å². The van der Waals surface area contributed by atoms with Crippen molar-refractivity contribution >= 4 is 17.3 Å². The molecule has 0 saturated carbocycles. The maximum Gasteiger partial charge on any atom is 0.272 e. The van der Waals surface area contributed by atoms with Gasteiger partial charge in [-0.05, 0) is 12.5 Å². The van der Waals surface area contributed by atoms with Crippen molar-refractivity contribution < 1.29 is 14.1 Å². The second-order valence-corrected chi connectivity index (χ2v) is 4.52. The molecule has 1 N–H and O–H groups in total. The first-order valence-corrected chi connectivity index (χ1v) is 5.93. The fraction of sp³-hybridized carbons (Fsp3) is 0.417. The van der Waals surface area contributed by atoms with Crippen molar-refractivity contribution in [2.75, 3.05) is 18.0 Å². The Hall–Kier alpha value is -2.18. The molecule has 2 rings (SSSR count). The van der Waals surface area contributed by atoms with Crippen molar-refractivity contribution in [2.45, 2.75) is 19.4 Å². The van der Waals surface area contributed by atoms with E-state index >= 15 is 0 Å². The van der Waals surface area contributed by atoms with E-state index in [1.54, 1.807) is 4.90 Å². The zero-order valence-corrected chi connectivity index (χ0v) is 10.4. The molecule has 0 unspecified atom stereocenters. The van der Waals surface area contributed by atoms with E-state index in [0.29, 0.717) is 18.8 Å². The van der Waals surface area contributed by atoms with Crippen LogP contribution in [0.4, 0.5) is 15.8 Å².